The summed E-state index contributed by atoms with van der Waals surface area (Å²) >= 11 is 1.97. The quantitative estimate of drug-likeness (QED) is 0.893. The van der Waals surface area contributed by atoms with E-state index in [1.54, 1.807) is 13.2 Å². The number of benzene rings is 1. The molecule has 4 heteroatoms. The molecule has 0 saturated carbocycles. The van der Waals surface area contributed by atoms with Crippen LogP contribution in [0.1, 0.15) is 12.5 Å². The third kappa shape index (κ3) is 2.67. The second-order valence-corrected chi connectivity index (χ2v) is 5.37. The largest absolute Gasteiger partial charge is 0.495 e. The molecule has 0 bridgehead atoms. The van der Waals surface area contributed by atoms with E-state index in [4.69, 9.17) is 10.00 Å². The fraction of sp³-hybridized carbons (Fsp3) is 0.462. The summed E-state index contributed by atoms with van der Waals surface area (Å²) in [5.74, 6) is 3.74. The third-order valence-electron chi connectivity index (χ3n) is 3.04. The first-order valence-corrected chi connectivity index (χ1v) is 6.82. The second-order valence-electron chi connectivity index (χ2n) is 4.29. The summed E-state index contributed by atoms with van der Waals surface area (Å²) in [4.78, 5) is 0. The van der Waals surface area contributed by atoms with Crippen molar-refractivity contribution in [3.05, 3.63) is 23.8 Å². The van der Waals surface area contributed by atoms with Crippen molar-refractivity contribution >= 4 is 17.4 Å². The van der Waals surface area contributed by atoms with Gasteiger partial charge in [-0.1, -0.05) is 6.92 Å². The standard InChI is InChI=1S/C13H16N2OS/c1-9-7-17-8-12(9)15-11-4-3-10(6-14)5-13(11)16-2/h3-5,9,12,15H,7-8H2,1-2H3. The van der Waals surface area contributed by atoms with Gasteiger partial charge >= 0.3 is 0 Å². The van der Waals surface area contributed by atoms with Crippen LogP contribution in [0.2, 0.25) is 0 Å². The Kier molecular flexibility index (Phi) is 3.80. The van der Waals surface area contributed by atoms with Crippen molar-refractivity contribution in [2.75, 3.05) is 23.9 Å². The minimum atomic E-state index is 0.488. The Labute approximate surface area is 106 Å². The molecule has 0 amide bonds. The van der Waals surface area contributed by atoms with Crippen molar-refractivity contribution in [3.8, 4) is 11.8 Å². The van der Waals surface area contributed by atoms with E-state index in [1.165, 1.54) is 5.75 Å². The Balaban J connectivity index is 2.18. The molecule has 2 rings (SSSR count). The van der Waals surface area contributed by atoms with E-state index in [0.29, 0.717) is 17.5 Å². The van der Waals surface area contributed by atoms with Gasteiger partial charge in [0.15, 0.2) is 0 Å². The number of anilines is 1. The van der Waals surface area contributed by atoms with E-state index < -0.39 is 0 Å². The third-order valence-corrected chi connectivity index (χ3v) is 4.39. The van der Waals surface area contributed by atoms with E-state index in [0.717, 1.165) is 17.2 Å². The van der Waals surface area contributed by atoms with Gasteiger partial charge < -0.3 is 10.1 Å². The van der Waals surface area contributed by atoms with Crippen LogP contribution in [0.5, 0.6) is 5.75 Å². The molecule has 0 spiro atoms. The van der Waals surface area contributed by atoms with Gasteiger partial charge in [0.1, 0.15) is 5.75 Å². The maximum atomic E-state index is 8.85. The summed E-state index contributed by atoms with van der Waals surface area (Å²) < 4.78 is 5.31. The van der Waals surface area contributed by atoms with Crippen LogP contribution in [-0.2, 0) is 0 Å². The highest BCUT2D eigenvalue weighted by molar-refractivity contribution is 7.99. The Morgan fingerprint density at radius 1 is 1.47 bits per heavy atom. The van der Waals surface area contributed by atoms with Crippen LogP contribution >= 0.6 is 11.8 Å². The number of methoxy groups -OCH3 is 1. The molecular formula is C13H16N2OS. The smallest absolute Gasteiger partial charge is 0.143 e. The number of hydrogen-bond acceptors (Lipinski definition) is 4. The fourth-order valence-corrected chi connectivity index (χ4v) is 3.33. The van der Waals surface area contributed by atoms with Crippen molar-refractivity contribution in [3.63, 3.8) is 0 Å². The van der Waals surface area contributed by atoms with Crippen molar-refractivity contribution in [1.29, 1.82) is 5.26 Å². The van der Waals surface area contributed by atoms with Gasteiger partial charge in [-0.15, -0.1) is 0 Å². The molecule has 0 aromatic heterocycles. The maximum Gasteiger partial charge on any atom is 0.143 e. The molecule has 3 nitrogen and oxygen atoms in total. The van der Waals surface area contributed by atoms with E-state index in [9.17, 15) is 0 Å². The Morgan fingerprint density at radius 2 is 2.29 bits per heavy atom. The number of rotatable bonds is 3. The highest BCUT2D eigenvalue weighted by Crippen LogP contribution is 2.31. The lowest BCUT2D eigenvalue weighted by atomic mass is 10.1. The summed E-state index contributed by atoms with van der Waals surface area (Å²) in [6, 6.07) is 8.12. The molecule has 2 atom stereocenters. The van der Waals surface area contributed by atoms with Gasteiger partial charge in [0.25, 0.3) is 0 Å². The Morgan fingerprint density at radius 3 is 2.88 bits per heavy atom. The lowest BCUT2D eigenvalue weighted by Gasteiger charge is -2.19. The van der Waals surface area contributed by atoms with Gasteiger partial charge in [0.05, 0.1) is 24.4 Å². The normalized spacial score (nSPS) is 23.1. The Bertz CT molecular complexity index is 442. The zero-order valence-electron chi connectivity index (χ0n) is 10.1. The van der Waals surface area contributed by atoms with Crippen LogP contribution < -0.4 is 10.1 Å². The van der Waals surface area contributed by atoms with E-state index in [-0.39, 0.29) is 0 Å². The molecule has 2 unspecified atom stereocenters. The zero-order valence-corrected chi connectivity index (χ0v) is 10.9. The number of ether oxygens (including phenoxy) is 1. The van der Waals surface area contributed by atoms with Crippen LogP contribution in [0.25, 0.3) is 0 Å². The van der Waals surface area contributed by atoms with E-state index >= 15 is 0 Å². The van der Waals surface area contributed by atoms with Crippen molar-refractivity contribution in [2.45, 2.75) is 13.0 Å². The lowest BCUT2D eigenvalue weighted by Crippen LogP contribution is -2.25. The first-order chi connectivity index (χ1) is 8.24. The van der Waals surface area contributed by atoms with Crippen molar-refractivity contribution in [1.82, 2.24) is 0 Å². The molecule has 17 heavy (non-hydrogen) atoms. The highest BCUT2D eigenvalue weighted by Gasteiger charge is 2.24. The van der Waals surface area contributed by atoms with E-state index in [2.05, 4.69) is 18.3 Å². The molecule has 1 heterocycles. The number of nitrogens with zero attached hydrogens (tertiary/aromatic N) is 1. The molecule has 1 aromatic rings. The summed E-state index contributed by atoms with van der Waals surface area (Å²) in [6.45, 7) is 2.26. The van der Waals surface area contributed by atoms with Gasteiger partial charge in [-0.25, -0.2) is 0 Å². The van der Waals surface area contributed by atoms with Crippen LogP contribution in [0.4, 0.5) is 5.69 Å². The second kappa shape index (κ2) is 5.33. The molecule has 90 valence electrons. The number of nitriles is 1. The summed E-state index contributed by atoms with van der Waals surface area (Å²) in [6.07, 6.45) is 0. The minimum Gasteiger partial charge on any atom is -0.495 e. The van der Waals surface area contributed by atoms with Gasteiger partial charge in [-0.3, -0.25) is 0 Å². The molecule has 1 aliphatic heterocycles. The van der Waals surface area contributed by atoms with Crippen molar-refractivity contribution in [2.24, 2.45) is 5.92 Å². The number of hydrogen-bond donors (Lipinski definition) is 1. The number of thioether (sulfide) groups is 1. The summed E-state index contributed by atoms with van der Waals surface area (Å²) in [5, 5.41) is 12.4. The first-order valence-electron chi connectivity index (χ1n) is 5.67. The van der Waals surface area contributed by atoms with Gasteiger partial charge in [0, 0.05) is 17.9 Å². The average molecular weight is 248 g/mol. The van der Waals surface area contributed by atoms with Gasteiger partial charge in [-0.05, 0) is 23.8 Å². The highest BCUT2D eigenvalue weighted by atomic mass is 32.2. The van der Waals surface area contributed by atoms with Crippen LogP contribution in [0, 0.1) is 17.2 Å². The summed E-state index contributed by atoms with van der Waals surface area (Å²) in [5.41, 5.74) is 1.60. The lowest BCUT2D eigenvalue weighted by molar-refractivity contribution is 0.415. The van der Waals surface area contributed by atoms with Crippen LogP contribution in [0.15, 0.2) is 18.2 Å². The number of nitrogens with one attached hydrogen (secondary N) is 1. The molecule has 1 saturated heterocycles. The first kappa shape index (κ1) is 12.1. The maximum absolute atomic E-state index is 8.85. The summed E-state index contributed by atoms with van der Waals surface area (Å²) in [7, 11) is 1.63. The van der Waals surface area contributed by atoms with Crippen LogP contribution in [0.3, 0.4) is 0 Å². The molecule has 0 aliphatic carbocycles. The predicted octanol–water partition coefficient (Wildman–Crippen LogP) is 2.73. The zero-order chi connectivity index (χ0) is 12.3. The fourth-order valence-electron chi connectivity index (χ4n) is 1.92. The molecule has 0 radical (unpaired) electrons. The average Bonchev–Trinajstić information content (AvgIpc) is 2.75. The SMILES string of the molecule is COc1cc(C#N)ccc1NC1CSCC1C. The topological polar surface area (TPSA) is 45.0 Å². The molecular weight excluding hydrogens is 232 g/mol. The minimum absolute atomic E-state index is 0.488. The monoisotopic (exact) mass is 248 g/mol. The predicted molar refractivity (Wildman–Crippen MR) is 71.6 cm³/mol. The molecule has 1 fully saturated rings. The van der Waals surface area contributed by atoms with E-state index in [1.807, 2.05) is 23.9 Å². The Hall–Kier alpha value is -1.34. The van der Waals surface area contributed by atoms with Gasteiger partial charge in [0.2, 0.25) is 0 Å². The van der Waals surface area contributed by atoms with Gasteiger partial charge in [-0.2, -0.15) is 17.0 Å². The molecule has 1 N–H and O–H groups in total. The van der Waals surface area contributed by atoms with Crippen molar-refractivity contribution < 1.29 is 4.74 Å². The molecule has 1 aromatic carbocycles. The molecule has 1 aliphatic rings. The van der Waals surface area contributed by atoms with Crippen LogP contribution in [-0.4, -0.2) is 24.7 Å².